The maximum atomic E-state index is 12.5. The minimum atomic E-state index is -0.581. The van der Waals surface area contributed by atoms with Gasteiger partial charge in [-0.25, -0.2) is 4.79 Å². The molecular formula is C21H24O5. The van der Waals surface area contributed by atoms with Gasteiger partial charge in [0.05, 0.1) is 13.2 Å². The van der Waals surface area contributed by atoms with Crippen molar-refractivity contribution in [3.05, 3.63) is 46.5 Å². The molecule has 0 heterocycles. The maximum absolute atomic E-state index is 12.5. The number of carbonyl (C=O) groups excluding carboxylic acids is 2. The van der Waals surface area contributed by atoms with Gasteiger partial charge in [0.1, 0.15) is 11.3 Å². The molecule has 0 aromatic heterocycles. The Morgan fingerprint density at radius 1 is 1.35 bits per heavy atom. The summed E-state index contributed by atoms with van der Waals surface area (Å²) in [6.07, 6.45) is 3.99. The van der Waals surface area contributed by atoms with Gasteiger partial charge in [-0.3, -0.25) is 4.79 Å². The molecule has 0 spiro atoms. The maximum Gasteiger partial charge on any atom is 0.341 e. The van der Waals surface area contributed by atoms with Crippen molar-refractivity contribution in [3.63, 3.8) is 0 Å². The predicted molar refractivity (Wildman–Crippen MR) is 97.3 cm³/mol. The molecule has 2 aliphatic carbocycles. The van der Waals surface area contributed by atoms with Gasteiger partial charge >= 0.3 is 5.97 Å². The molecule has 5 heteroatoms. The number of hydrogen-bond donors (Lipinski definition) is 2. The lowest BCUT2D eigenvalue weighted by molar-refractivity contribution is -0.139. The molecular weight excluding hydrogens is 332 g/mol. The van der Waals surface area contributed by atoms with Crippen molar-refractivity contribution in [2.24, 2.45) is 17.8 Å². The topological polar surface area (TPSA) is 83.8 Å². The van der Waals surface area contributed by atoms with Crippen LogP contribution in [0.25, 0.3) is 5.57 Å². The molecule has 0 saturated heterocycles. The number of aliphatic hydroxyl groups is 1. The quantitative estimate of drug-likeness (QED) is 0.640. The van der Waals surface area contributed by atoms with E-state index in [0.717, 1.165) is 23.1 Å². The first-order valence-electron chi connectivity index (χ1n) is 8.98. The number of carbonyl (C=O) groups is 2. The fourth-order valence-corrected chi connectivity index (χ4v) is 3.93. The number of ether oxygens (including phenoxy) is 1. The molecule has 2 unspecified atom stereocenters. The highest BCUT2D eigenvalue weighted by molar-refractivity contribution is 6.25. The van der Waals surface area contributed by atoms with Crippen LogP contribution in [0.3, 0.4) is 0 Å². The highest BCUT2D eigenvalue weighted by Crippen LogP contribution is 2.46. The minimum Gasteiger partial charge on any atom is -0.508 e. The summed E-state index contributed by atoms with van der Waals surface area (Å²) in [6.45, 7) is 5.89. The van der Waals surface area contributed by atoms with E-state index in [1.54, 1.807) is 25.1 Å². The van der Waals surface area contributed by atoms with Gasteiger partial charge in [0.15, 0.2) is 5.78 Å². The van der Waals surface area contributed by atoms with E-state index in [4.69, 9.17) is 4.74 Å². The van der Waals surface area contributed by atoms with Gasteiger partial charge in [0, 0.05) is 11.5 Å². The third kappa shape index (κ3) is 3.07. The standard InChI is InChI=1S/C21H24O5/c1-4-26-21(25)18-8-16-14(11(2)3)5-12-7-19(23)13(10-22)6-15(12)17(16)9-20(18)24/h6-9,11,14,16,22-23H,4-5,10H2,1-3H3. The van der Waals surface area contributed by atoms with E-state index in [1.165, 1.54) is 6.08 Å². The Morgan fingerprint density at radius 2 is 2.08 bits per heavy atom. The number of ketones is 1. The molecule has 5 nitrogen and oxygen atoms in total. The molecule has 2 N–H and O–H groups in total. The number of aromatic hydroxyl groups is 1. The zero-order valence-corrected chi connectivity index (χ0v) is 15.3. The molecule has 138 valence electrons. The van der Waals surface area contributed by atoms with Crippen LogP contribution in [0, 0.1) is 17.8 Å². The van der Waals surface area contributed by atoms with Crippen molar-refractivity contribution in [1.29, 1.82) is 0 Å². The SMILES string of the molecule is CCOC(=O)C1=CC2C(=CC1=O)c1cc(CO)c(O)cc1CC2C(C)C. The molecule has 1 aromatic rings. The van der Waals surface area contributed by atoms with Crippen LogP contribution in [0.1, 0.15) is 37.5 Å². The van der Waals surface area contributed by atoms with E-state index in [1.807, 2.05) is 0 Å². The molecule has 0 radical (unpaired) electrons. The number of aliphatic hydroxyl groups excluding tert-OH is 1. The number of fused-ring (bicyclic) bond motifs is 3. The lowest BCUT2D eigenvalue weighted by atomic mass is 9.66. The largest absolute Gasteiger partial charge is 0.508 e. The van der Waals surface area contributed by atoms with E-state index >= 15 is 0 Å². The fraction of sp³-hybridized carbons (Fsp3) is 0.429. The van der Waals surface area contributed by atoms with E-state index in [0.29, 0.717) is 11.5 Å². The van der Waals surface area contributed by atoms with Crippen molar-refractivity contribution >= 4 is 17.3 Å². The summed E-state index contributed by atoms with van der Waals surface area (Å²) in [5.41, 5.74) is 3.19. The molecule has 0 fully saturated rings. The average molecular weight is 356 g/mol. The van der Waals surface area contributed by atoms with Crippen molar-refractivity contribution in [2.75, 3.05) is 6.61 Å². The first-order valence-corrected chi connectivity index (χ1v) is 8.98. The smallest absolute Gasteiger partial charge is 0.341 e. The summed E-state index contributed by atoms with van der Waals surface area (Å²) < 4.78 is 5.03. The van der Waals surface area contributed by atoms with Gasteiger partial charge in [-0.05, 0) is 60.1 Å². The monoisotopic (exact) mass is 356 g/mol. The van der Waals surface area contributed by atoms with Crippen LogP contribution in [0.4, 0.5) is 0 Å². The predicted octanol–water partition coefficient (Wildman–Crippen LogP) is 2.78. The second kappa shape index (κ2) is 7.08. The van der Waals surface area contributed by atoms with Gasteiger partial charge in [0.25, 0.3) is 0 Å². The van der Waals surface area contributed by atoms with Crippen molar-refractivity contribution < 1.29 is 24.5 Å². The molecule has 3 rings (SSSR count). The molecule has 0 aliphatic heterocycles. The second-order valence-electron chi connectivity index (χ2n) is 7.20. The third-order valence-corrected chi connectivity index (χ3v) is 5.31. The van der Waals surface area contributed by atoms with Crippen LogP contribution < -0.4 is 0 Å². The van der Waals surface area contributed by atoms with E-state index in [-0.39, 0.29) is 42.2 Å². The number of rotatable bonds is 4. The Kier molecular flexibility index (Phi) is 5.01. The van der Waals surface area contributed by atoms with Gasteiger partial charge < -0.3 is 14.9 Å². The second-order valence-corrected chi connectivity index (χ2v) is 7.20. The highest BCUT2D eigenvalue weighted by atomic mass is 16.5. The third-order valence-electron chi connectivity index (χ3n) is 5.31. The van der Waals surface area contributed by atoms with Gasteiger partial charge in [-0.1, -0.05) is 19.9 Å². The van der Waals surface area contributed by atoms with Gasteiger partial charge in [0.2, 0.25) is 0 Å². The van der Waals surface area contributed by atoms with Crippen LogP contribution in [0.15, 0.2) is 29.9 Å². The average Bonchev–Trinajstić information content (AvgIpc) is 2.59. The Hall–Kier alpha value is -2.40. The van der Waals surface area contributed by atoms with Crippen LogP contribution in [0.2, 0.25) is 0 Å². The summed E-state index contributed by atoms with van der Waals surface area (Å²) in [5, 5.41) is 19.6. The number of benzene rings is 1. The lowest BCUT2D eigenvalue weighted by Gasteiger charge is -2.38. The van der Waals surface area contributed by atoms with Gasteiger partial charge in [-0.15, -0.1) is 0 Å². The molecule has 26 heavy (non-hydrogen) atoms. The summed E-state index contributed by atoms with van der Waals surface area (Å²) in [4.78, 5) is 24.7. The molecule has 0 bridgehead atoms. The Bertz CT molecular complexity index is 816. The first-order chi connectivity index (χ1) is 12.4. The Balaban J connectivity index is 2.12. The first kappa shape index (κ1) is 18.4. The van der Waals surface area contributed by atoms with Crippen LogP contribution in [0.5, 0.6) is 5.75 Å². The molecule has 0 amide bonds. The molecule has 1 aromatic carbocycles. The summed E-state index contributed by atoms with van der Waals surface area (Å²) in [5.74, 6) is -0.422. The lowest BCUT2D eigenvalue weighted by Crippen LogP contribution is -2.32. The van der Waals surface area contributed by atoms with Crippen LogP contribution in [-0.4, -0.2) is 28.6 Å². The van der Waals surface area contributed by atoms with E-state index in [2.05, 4.69) is 13.8 Å². The summed E-state index contributed by atoms with van der Waals surface area (Å²) >= 11 is 0. The number of phenols is 1. The highest BCUT2D eigenvalue weighted by Gasteiger charge is 2.38. The van der Waals surface area contributed by atoms with Crippen molar-refractivity contribution in [1.82, 2.24) is 0 Å². The zero-order valence-electron chi connectivity index (χ0n) is 15.3. The molecule has 2 aliphatic rings. The molecule has 2 atom stereocenters. The number of allylic oxidation sites excluding steroid dienone is 3. The normalized spacial score (nSPS) is 21.7. The minimum absolute atomic E-state index is 0.0673. The van der Waals surface area contributed by atoms with E-state index in [9.17, 15) is 19.8 Å². The van der Waals surface area contributed by atoms with E-state index < -0.39 is 5.97 Å². The fourth-order valence-electron chi connectivity index (χ4n) is 3.93. The van der Waals surface area contributed by atoms with Crippen molar-refractivity contribution in [2.45, 2.75) is 33.8 Å². The van der Waals surface area contributed by atoms with Gasteiger partial charge in [-0.2, -0.15) is 0 Å². The van der Waals surface area contributed by atoms with Crippen LogP contribution >= 0.6 is 0 Å². The zero-order chi connectivity index (χ0) is 19.0. The summed E-state index contributed by atoms with van der Waals surface area (Å²) in [7, 11) is 0. The Morgan fingerprint density at radius 3 is 2.69 bits per heavy atom. The van der Waals surface area contributed by atoms with Crippen LogP contribution in [-0.2, 0) is 27.4 Å². The Labute approximate surface area is 153 Å². The summed E-state index contributed by atoms with van der Waals surface area (Å²) in [6, 6.07) is 3.43. The molecule has 0 saturated carbocycles. The number of esters is 1. The number of hydrogen-bond acceptors (Lipinski definition) is 5. The van der Waals surface area contributed by atoms with Crippen molar-refractivity contribution in [3.8, 4) is 5.75 Å².